The fourth-order valence-electron chi connectivity index (χ4n) is 6.28. The summed E-state index contributed by atoms with van der Waals surface area (Å²) < 4.78 is 4.84. The number of nitrogens with one attached hydrogen (secondary N) is 1. The van der Waals surface area contributed by atoms with Crippen molar-refractivity contribution in [2.24, 2.45) is 17.8 Å². The fraction of sp³-hybridized carbons (Fsp3) is 0.700. The first-order valence-corrected chi connectivity index (χ1v) is 9.56. The lowest BCUT2D eigenvalue weighted by molar-refractivity contribution is -0.729. The standard InChI is InChI=1S/C20H28N2O3/c1-11-17(19(24)25-3)12(2)22-18(11)16(23)10-21-20-7-13-4-14(8-20)6-15(5-13)9-20/h13-15,21-22H,4-10H2,1-3H3/p+1. The van der Waals surface area contributed by atoms with Crippen molar-refractivity contribution in [3.05, 3.63) is 22.5 Å². The molecule has 0 aliphatic heterocycles. The number of rotatable bonds is 5. The first-order chi connectivity index (χ1) is 11.9. The Morgan fingerprint density at radius 3 is 2.20 bits per heavy atom. The number of hydrogen-bond acceptors (Lipinski definition) is 3. The third kappa shape index (κ3) is 2.82. The Balaban J connectivity index is 1.47. The summed E-state index contributed by atoms with van der Waals surface area (Å²) in [6.07, 6.45) is 8.09. The van der Waals surface area contributed by atoms with Gasteiger partial charge in [-0.1, -0.05) is 0 Å². The van der Waals surface area contributed by atoms with E-state index in [2.05, 4.69) is 10.3 Å². The zero-order valence-electron chi connectivity index (χ0n) is 15.5. The van der Waals surface area contributed by atoms with Crippen LogP contribution < -0.4 is 5.32 Å². The van der Waals surface area contributed by atoms with Gasteiger partial charge in [0, 0.05) is 25.0 Å². The second kappa shape index (κ2) is 5.97. The largest absolute Gasteiger partial charge is 0.465 e. The van der Waals surface area contributed by atoms with Crippen molar-refractivity contribution in [2.75, 3.05) is 13.7 Å². The van der Waals surface area contributed by atoms with Crippen molar-refractivity contribution in [1.82, 2.24) is 4.98 Å². The van der Waals surface area contributed by atoms with Crippen LogP contribution >= 0.6 is 0 Å². The summed E-state index contributed by atoms with van der Waals surface area (Å²) in [7, 11) is 1.37. The third-order valence-corrected chi connectivity index (χ3v) is 6.91. The lowest BCUT2D eigenvalue weighted by Gasteiger charge is -2.54. The Labute approximate surface area is 148 Å². The quantitative estimate of drug-likeness (QED) is 0.634. The van der Waals surface area contributed by atoms with Crippen molar-refractivity contribution >= 4 is 11.8 Å². The predicted molar refractivity (Wildman–Crippen MR) is 93.6 cm³/mol. The Kier molecular flexibility index (Phi) is 4.02. The second-order valence-corrected chi connectivity index (χ2v) is 8.73. The van der Waals surface area contributed by atoms with Gasteiger partial charge in [0.25, 0.3) is 0 Å². The summed E-state index contributed by atoms with van der Waals surface area (Å²) in [5, 5.41) is 2.33. The highest BCUT2D eigenvalue weighted by atomic mass is 16.5. The van der Waals surface area contributed by atoms with Crippen LogP contribution in [-0.4, -0.2) is 35.9 Å². The van der Waals surface area contributed by atoms with Crippen LogP contribution in [0.5, 0.6) is 0 Å². The molecule has 0 saturated heterocycles. The van der Waals surface area contributed by atoms with Gasteiger partial charge in [-0.15, -0.1) is 0 Å². The van der Waals surface area contributed by atoms with Crippen molar-refractivity contribution in [3.63, 3.8) is 0 Å². The summed E-state index contributed by atoms with van der Waals surface area (Å²) in [6.45, 7) is 4.11. The number of quaternary nitrogens is 1. The molecule has 136 valence electrons. The van der Waals surface area contributed by atoms with Gasteiger partial charge < -0.3 is 15.0 Å². The van der Waals surface area contributed by atoms with Gasteiger partial charge in [0.05, 0.1) is 23.9 Å². The maximum Gasteiger partial charge on any atom is 0.339 e. The fourth-order valence-corrected chi connectivity index (χ4v) is 6.28. The number of carbonyl (C=O) groups is 2. The van der Waals surface area contributed by atoms with Crippen LogP contribution in [0.2, 0.25) is 0 Å². The van der Waals surface area contributed by atoms with E-state index in [1.54, 1.807) is 0 Å². The Bertz CT molecular complexity index is 683. The minimum atomic E-state index is -0.379. The molecule has 3 N–H and O–H groups in total. The van der Waals surface area contributed by atoms with E-state index in [9.17, 15) is 9.59 Å². The van der Waals surface area contributed by atoms with E-state index in [0.717, 1.165) is 17.8 Å². The van der Waals surface area contributed by atoms with E-state index >= 15 is 0 Å². The highest BCUT2D eigenvalue weighted by Crippen LogP contribution is 2.54. The number of aryl methyl sites for hydroxylation is 1. The number of carbonyl (C=O) groups excluding carboxylic acids is 2. The Morgan fingerprint density at radius 2 is 1.68 bits per heavy atom. The number of esters is 1. The van der Waals surface area contributed by atoms with E-state index in [-0.39, 0.29) is 11.8 Å². The lowest BCUT2D eigenvalue weighted by atomic mass is 9.53. The van der Waals surface area contributed by atoms with Crippen molar-refractivity contribution in [1.29, 1.82) is 0 Å². The molecule has 1 aromatic rings. The van der Waals surface area contributed by atoms with E-state index < -0.39 is 0 Å². The van der Waals surface area contributed by atoms with Gasteiger partial charge >= 0.3 is 5.97 Å². The van der Waals surface area contributed by atoms with Crippen molar-refractivity contribution in [2.45, 2.75) is 57.9 Å². The zero-order chi connectivity index (χ0) is 17.8. The maximum atomic E-state index is 12.8. The molecule has 1 heterocycles. The first kappa shape index (κ1) is 16.8. The molecule has 4 bridgehead atoms. The van der Waals surface area contributed by atoms with Crippen LogP contribution in [-0.2, 0) is 4.74 Å². The summed E-state index contributed by atoms with van der Waals surface area (Å²) in [5.74, 6) is 2.37. The van der Waals surface area contributed by atoms with Crippen LogP contribution in [0.15, 0.2) is 0 Å². The van der Waals surface area contributed by atoms with Gasteiger partial charge in [-0.05, 0) is 56.4 Å². The van der Waals surface area contributed by atoms with E-state index in [4.69, 9.17) is 4.74 Å². The molecule has 0 radical (unpaired) electrons. The minimum Gasteiger partial charge on any atom is -0.465 e. The van der Waals surface area contributed by atoms with Crippen LogP contribution in [0, 0.1) is 31.6 Å². The molecule has 4 aliphatic rings. The average molecular weight is 345 g/mol. The molecule has 5 nitrogen and oxygen atoms in total. The van der Waals surface area contributed by atoms with Crippen LogP contribution in [0.4, 0.5) is 0 Å². The van der Waals surface area contributed by atoms with Crippen LogP contribution in [0.1, 0.15) is 70.6 Å². The minimum absolute atomic E-state index is 0.0894. The van der Waals surface area contributed by atoms with Gasteiger partial charge in [-0.2, -0.15) is 0 Å². The first-order valence-electron chi connectivity index (χ1n) is 9.56. The molecule has 0 atom stereocenters. The molecular formula is C20H29N2O3+. The maximum absolute atomic E-state index is 12.8. The molecule has 5 rings (SSSR count). The molecule has 4 aliphatic carbocycles. The number of hydrogen-bond donors (Lipinski definition) is 2. The zero-order valence-corrected chi connectivity index (χ0v) is 15.5. The molecule has 0 aromatic carbocycles. The van der Waals surface area contributed by atoms with Crippen LogP contribution in [0.25, 0.3) is 0 Å². The van der Waals surface area contributed by atoms with Gasteiger partial charge in [-0.25, -0.2) is 4.79 Å². The molecule has 1 aromatic heterocycles. The van der Waals surface area contributed by atoms with Crippen LogP contribution in [0.3, 0.4) is 0 Å². The number of ether oxygens (including phenoxy) is 1. The highest BCUT2D eigenvalue weighted by molar-refractivity contribution is 6.01. The van der Waals surface area contributed by atoms with Gasteiger partial charge in [-0.3, -0.25) is 4.79 Å². The SMILES string of the molecule is COC(=O)c1c(C)[nH]c(C(=O)C[NH2+]C23CC4CC(CC(C4)C2)C3)c1C. The predicted octanol–water partition coefficient (Wildman–Crippen LogP) is 2.13. The molecular weight excluding hydrogens is 316 g/mol. The molecule has 0 amide bonds. The normalized spacial score (nSPS) is 32.8. The highest BCUT2D eigenvalue weighted by Gasteiger charge is 2.53. The number of methoxy groups -OCH3 is 1. The van der Waals surface area contributed by atoms with E-state index in [1.807, 2.05) is 13.8 Å². The smallest absolute Gasteiger partial charge is 0.339 e. The Hall–Kier alpha value is -1.62. The van der Waals surface area contributed by atoms with Gasteiger partial charge in [0.15, 0.2) is 0 Å². The number of H-pyrrole nitrogens is 1. The van der Waals surface area contributed by atoms with Gasteiger partial charge in [0.1, 0.15) is 6.54 Å². The molecule has 0 unspecified atom stereocenters. The summed E-state index contributed by atoms with van der Waals surface area (Å²) in [6, 6.07) is 0. The van der Waals surface area contributed by atoms with E-state index in [1.165, 1.54) is 45.6 Å². The third-order valence-electron chi connectivity index (χ3n) is 6.91. The molecule has 0 spiro atoms. The topological polar surface area (TPSA) is 75.8 Å². The van der Waals surface area contributed by atoms with E-state index in [0.29, 0.717) is 34.6 Å². The lowest BCUT2D eigenvalue weighted by Crippen LogP contribution is -3.00. The summed E-state index contributed by atoms with van der Waals surface area (Å²) >= 11 is 0. The summed E-state index contributed by atoms with van der Waals surface area (Å²) in [4.78, 5) is 27.9. The molecule has 4 saturated carbocycles. The number of aromatic amines is 1. The van der Waals surface area contributed by atoms with Crippen molar-refractivity contribution in [3.8, 4) is 0 Å². The molecule has 5 heteroatoms. The summed E-state index contributed by atoms with van der Waals surface area (Å²) in [5.41, 5.74) is 2.79. The number of Topliss-reactive ketones (excluding diaryl/α,β-unsaturated/α-hetero) is 1. The second-order valence-electron chi connectivity index (χ2n) is 8.73. The molecule has 4 fully saturated rings. The number of ketones is 1. The Morgan fingerprint density at radius 1 is 1.12 bits per heavy atom. The number of aromatic nitrogens is 1. The van der Waals surface area contributed by atoms with Gasteiger partial charge in [0.2, 0.25) is 5.78 Å². The molecule has 25 heavy (non-hydrogen) atoms. The van der Waals surface area contributed by atoms with Crippen molar-refractivity contribution < 1.29 is 19.6 Å². The monoisotopic (exact) mass is 345 g/mol. The average Bonchev–Trinajstić information content (AvgIpc) is 2.85. The number of nitrogens with two attached hydrogens (primary N) is 1.